The van der Waals surface area contributed by atoms with E-state index in [1.807, 2.05) is 0 Å². The van der Waals surface area contributed by atoms with Crippen molar-refractivity contribution in [2.75, 3.05) is 6.67 Å². The van der Waals surface area contributed by atoms with Crippen LogP contribution in [0.1, 0.15) is 11.8 Å². The number of rotatable bonds is 2. The van der Waals surface area contributed by atoms with Crippen LogP contribution in [0.15, 0.2) is 16.5 Å². The van der Waals surface area contributed by atoms with Crippen LogP contribution in [0.5, 0.6) is 0 Å². The summed E-state index contributed by atoms with van der Waals surface area (Å²) in [6, 6.07) is 2.41. The third-order valence-electron chi connectivity index (χ3n) is 1.13. The van der Waals surface area contributed by atoms with Gasteiger partial charge in [-0.2, -0.15) is 0 Å². The Kier molecular flexibility index (Phi) is 4.49. The van der Waals surface area contributed by atoms with E-state index in [1.54, 1.807) is 6.07 Å². The lowest BCUT2D eigenvalue weighted by molar-refractivity contribution is 0.381. The molecule has 0 saturated heterocycles. The van der Waals surface area contributed by atoms with Gasteiger partial charge in [0.25, 0.3) is 0 Å². The molecule has 1 atom stereocenters. The van der Waals surface area contributed by atoms with Crippen LogP contribution in [0.25, 0.3) is 0 Å². The molecular formula is C6H8Cl2FNO. The SMILES string of the molecule is Cl.N[C@H](CF)c1ccc(Cl)o1. The minimum atomic E-state index is -0.688. The Labute approximate surface area is 74.9 Å². The molecule has 0 aliphatic carbocycles. The summed E-state index contributed by atoms with van der Waals surface area (Å²) in [6.45, 7) is -0.635. The van der Waals surface area contributed by atoms with Gasteiger partial charge in [0.05, 0.1) is 6.04 Å². The second kappa shape index (κ2) is 4.59. The fraction of sp³-hybridized carbons (Fsp3) is 0.333. The molecule has 0 aliphatic rings. The Hall–Kier alpha value is -0.250. The second-order valence-electron chi connectivity index (χ2n) is 1.90. The highest BCUT2D eigenvalue weighted by Gasteiger charge is 2.08. The molecular weight excluding hydrogens is 192 g/mol. The summed E-state index contributed by atoms with van der Waals surface area (Å²) in [5, 5.41) is 0.235. The van der Waals surface area contributed by atoms with Gasteiger partial charge in [-0.1, -0.05) is 0 Å². The van der Waals surface area contributed by atoms with E-state index in [4.69, 9.17) is 21.8 Å². The summed E-state index contributed by atoms with van der Waals surface area (Å²) in [4.78, 5) is 0. The van der Waals surface area contributed by atoms with Crippen LogP contribution in [0, 0.1) is 0 Å². The van der Waals surface area contributed by atoms with Gasteiger partial charge in [0.2, 0.25) is 0 Å². The summed E-state index contributed by atoms with van der Waals surface area (Å²) in [5.41, 5.74) is 5.28. The average molecular weight is 200 g/mol. The first-order valence-electron chi connectivity index (χ1n) is 2.81. The monoisotopic (exact) mass is 199 g/mol. The van der Waals surface area contributed by atoms with Crippen LogP contribution < -0.4 is 5.73 Å². The van der Waals surface area contributed by atoms with Gasteiger partial charge >= 0.3 is 0 Å². The van der Waals surface area contributed by atoms with E-state index in [9.17, 15) is 4.39 Å². The van der Waals surface area contributed by atoms with E-state index in [-0.39, 0.29) is 17.6 Å². The zero-order chi connectivity index (χ0) is 7.56. The van der Waals surface area contributed by atoms with Crippen LogP contribution in [0.2, 0.25) is 5.22 Å². The highest BCUT2D eigenvalue weighted by molar-refractivity contribution is 6.28. The normalized spacial score (nSPS) is 12.3. The summed E-state index contributed by atoms with van der Waals surface area (Å²) < 4.78 is 16.7. The summed E-state index contributed by atoms with van der Waals surface area (Å²) in [6.07, 6.45) is 0. The van der Waals surface area contributed by atoms with Crippen molar-refractivity contribution in [1.29, 1.82) is 0 Å². The van der Waals surface area contributed by atoms with E-state index < -0.39 is 12.7 Å². The van der Waals surface area contributed by atoms with Gasteiger partial charge in [0.15, 0.2) is 5.22 Å². The smallest absolute Gasteiger partial charge is 0.193 e. The molecule has 0 unspecified atom stereocenters. The fourth-order valence-electron chi connectivity index (χ4n) is 0.604. The van der Waals surface area contributed by atoms with Crippen molar-refractivity contribution in [2.45, 2.75) is 6.04 Å². The minimum absolute atomic E-state index is 0. The average Bonchev–Trinajstić information content (AvgIpc) is 2.34. The first-order valence-corrected chi connectivity index (χ1v) is 3.18. The molecule has 5 heteroatoms. The number of alkyl halides is 1. The Morgan fingerprint density at radius 1 is 1.64 bits per heavy atom. The van der Waals surface area contributed by atoms with Crippen molar-refractivity contribution in [3.8, 4) is 0 Å². The largest absolute Gasteiger partial charge is 0.448 e. The first kappa shape index (κ1) is 10.8. The molecule has 64 valence electrons. The third-order valence-corrected chi connectivity index (χ3v) is 1.33. The Balaban J connectivity index is 0.000001000. The van der Waals surface area contributed by atoms with Crippen molar-refractivity contribution in [3.63, 3.8) is 0 Å². The maximum Gasteiger partial charge on any atom is 0.193 e. The summed E-state index contributed by atoms with van der Waals surface area (Å²) in [7, 11) is 0. The lowest BCUT2D eigenvalue weighted by Crippen LogP contribution is -2.10. The number of hydrogen-bond donors (Lipinski definition) is 1. The molecule has 0 aromatic carbocycles. The van der Waals surface area contributed by atoms with E-state index in [0.717, 1.165) is 0 Å². The maximum absolute atomic E-state index is 11.9. The van der Waals surface area contributed by atoms with Crippen molar-refractivity contribution in [2.24, 2.45) is 5.73 Å². The fourth-order valence-corrected chi connectivity index (χ4v) is 0.756. The predicted octanol–water partition coefficient (Wildman–Crippen LogP) is 2.32. The highest BCUT2D eigenvalue weighted by Crippen LogP contribution is 2.18. The minimum Gasteiger partial charge on any atom is -0.448 e. The first-order chi connectivity index (χ1) is 4.74. The number of halogens is 3. The molecule has 0 fully saturated rings. The topological polar surface area (TPSA) is 39.2 Å². The lowest BCUT2D eigenvalue weighted by Gasteiger charge is -1.99. The standard InChI is InChI=1S/C6H7ClFNO.ClH/c7-6-2-1-5(10-6)4(9)3-8;/h1-2,4H,3,9H2;1H/t4-;/m1./s1. The third kappa shape index (κ3) is 2.69. The van der Waals surface area contributed by atoms with Crippen LogP contribution >= 0.6 is 24.0 Å². The summed E-state index contributed by atoms with van der Waals surface area (Å²) >= 11 is 5.42. The second-order valence-corrected chi connectivity index (χ2v) is 2.28. The van der Waals surface area contributed by atoms with E-state index >= 15 is 0 Å². The van der Waals surface area contributed by atoms with Gasteiger partial charge in [0.1, 0.15) is 12.4 Å². The summed E-state index contributed by atoms with van der Waals surface area (Å²) in [5.74, 6) is 0.382. The zero-order valence-electron chi connectivity index (χ0n) is 5.59. The van der Waals surface area contributed by atoms with E-state index in [0.29, 0.717) is 5.76 Å². The molecule has 0 radical (unpaired) electrons. The molecule has 0 spiro atoms. The molecule has 1 aromatic rings. The van der Waals surface area contributed by atoms with E-state index in [1.165, 1.54) is 6.07 Å². The van der Waals surface area contributed by atoms with Crippen LogP contribution in [0.3, 0.4) is 0 Å². The van der Waals surface area contributed by atoms with Crippen molar-refractivity contribution < 1.29 is 8.81 Å². The number of nitrogens with two attached hydrogens (primary N) is 1. The highest BCUT2D eigenvalue weighted by atomic mass is 35.5. The van der Waals surface area contributed by atoms with Gasteiger partial charge in [0, 0.05) is 0 Å². The number of furan rings is 1. The molecule has 0 bridgehead atoms. The van der Waals surface area contributed by atoms with E-state index in [2.05, 4.69) is 0 Å². The molecule has 0 saturated carbocycles. The zero-order valence-corrected chi connectivity index (χ0v) is 7.16. The van der Waals surface area contributed by atoms with Crippen molar-refractivity contribution in [1.82, 2.24) is 0 Å². The Morgan fingerprint density at radius 2 is 2.27 bits per heavy atom. The maximum atomic E-state index is 11.9. The van der Waals surface area contributed by atoms with Crippen LogP contribution in [0.4, 0.5) is 4.39 Å². The molecule has 1 heterocycles. The predicted molar refractivity (Wildman–Crippen MR) is 43.9 cm³/mol. The van der Waals surface area contributed by atoms with Gasteiger partial charge in [-0.3, -0.25) is 0 Å². The Bertz CT molecular complexity index is 216. The quantitative estimate of drug-likeness (QED) is 0.795. The van der Waals surface area contributed by atoms with Gasteiger partial charge in [-0.25, -0.2) is 4.39 Å². The molecule has 0 aliphatic heterocycles. The molecule has 0 amide bonds. The lowest BCUT2D eigenvalue weighted by atomic mass is 10.3. The molecule has 2 N–H and O–H groups in total. The Morgan fingerprint density at radius 3 is 2.64 bits per heavy atom. The molecule has 11 heavy (non-hydrogen) atoms. The van der Waals surface area contributed by atoms with Gasteiger partial charge in [-0.05, 0) is 23.7 Å². The number of hydrogen-bond acceptors (Lipinski definition) is 2. The van der Waals surface area contributed by atoms with Gasteiger partial charge in [-0.15, -0.1) is 12.4 Å². The molecule has 2 nitrogen and oxygen atoms in total. The van der Waals surface area contributed by atoms with Gasteiger partial charge < -0.3 is 10.2 Å². The molecule has 1 rings (SSSR count). The van der Waals surface area contributed by atoms with Crippen molar-refractivity contribution in [3.05, 3.63) is 23.1 Å². The van der Waals surface area contributed by atoms with Crippen LogP contribution in [-0.4, -0.2) is 6.67 Å². The van der Waals surface area contributed by atoms with Crippen LogP contribution in [-0.2, 0) is 0 Å². The van der Waals surface area contributed by atoms with Crippen molar-refractivity contribution >= 4 is 24.0 Å². The molecule has 1 aromatic heterocycles.